The van der Waals surface area contributed by atoms with Gasteiger partial charge in [0.1, 0.15) is 11.9 Å². The summed E-state index contributed by atoms with van der Waals surface area (Å²) in [6.07, 6.45) is 1.70. The lowest BCUT2D eigenvalue weighted by atomic mass is 10.0. The van der Waals surface area contributed by atoms with E-state index < -0.39 is 0 Å². The molecule has 0 saturated carbocycles. The summed E-state index contributed by atoms with van der Waals surface area (Å²) in [5, 5.41) is 5.75. The SMILES string of the molecule is CNC(=O)C(Nc1ccc(Br)cn1)C(C)C. The molecule has 1 unspecified atom stereocenters. The smallest absolute Gasteiger partial charge is 0.242 e. The molecule has 1 rings (SSSR count). The molecular weight excluding hydrogens is 270 g/mol. The third-order valence-electron chi connectivity index (χ3n) is 2.23. The molecule has 16 heavy (non-hydrogen) atoms. The summed E-state index contributed by atoms with van der Waals surface area (Å²) in [6, 6.07) is 3.46. The van der Waals surface area contributed by atoms with Crippen LogP contribution >= 0.6 is 15.9 Å². The molecular formula is C11H16BrN3O. The van der Waals surface area contributed by atoms with E-state index in [1.54, 1.807) is 13.2 Å². The van der Waals surface area contributed by atoms with Gasteiger partial charge in [-0.2, -0.15) is 0 Å². The van der Waals surface area contributed by atoms with Gasteiger partial charge in [0.15, 0.2) is 0 Å². The highest BCUT2D eigenvalue weighted by Crippen LogP contribution is 2.13. The highest BCUT2D eigenvalue weighted by atomic mass is 79.9. The molecule has 88 valence electrons. The monoisotopic (exact) mass is 285 g/mol. The largest absolute Gasteiger partial charge is 0.358 e. The lowest BCUT2D eigenvalue weighted by molar-refractivity contribution is -0.122. The first-order valence-electron chi connectivity index (χ1n) is 5.14. The number of rotatable bonds is 4. The van der Waals surface area contributed by atoms with Crippen LogP contribution in [0.5, 0.6) is 0 Å². The van der Waals surface area contributed by atoms with Gasteiger partial charge < -0.3 is 10.6 Å². The van der Waals surface area contributed by atoms with Crippen LogP contribution in [0.1, 0.15) is 13.8 Å². The molecule has 0 aliphatic rings. The first-order valence-corrected chi connectivity index (χ1v) is 5.93. The zero-order valence-corrected chi connectivity index (χ0v) is 11.2. The minimum atomic E-state index is -0.265. The van der Waals surface area contributed by atoms with Gasteiger partial charge in [-0.15, -0.1) is 0 Å². The second-order valence-electron chi connectivity index (χ2n) is 3.84. The van der Waals surface area contributed by atoms with Gasteiger partial charge in [-0.25, -0.2) is 4.98 Å². The van der Waals surface area contributed by atoms with Gasteiger partial charge in [0.25, 0.3) is 0 Å². The van der Waals surface area contributed by atoms with E-state index in [1.807, 2.05) is 26.0 Å². The van der Waals surface area contributed by atoms with Crippen LogP contribution < -0.4 is 10.6 Å². The van der Waals surface area contributed by atoms with Crippen LogP contribution in [0, 0.1) is 5.92 Å². The van der Waals surface area contributed by atoms with Crippen molar-refractivity contribution in [2.24, 2.45) is 5.92 Å². The third-order valence-corrected chi connectivity index (χ3v) is 2.70. The summed E-state index contributed by atoms with van der Waals surface area (Å²) in [5.41, 5.74) is 0. The molecule has 5 heteroatoms. The third kappa shape index (κ3) is 3.48. The molecule has 4 nitrogen and oxygen atoms in total. The van der Waals surface area contributed by atoms with Crippen LogP contribution in [0.4, 0.5) is 5.82 Å². The molecule has 1 aromatic rings. The predicted molar refractivity (Wildman–Crippen MR) is 68.3 cm³/mol. The van der Waals surface area contributed by atoms with Crippen molar-refractivity contribution in [2.75, 3.05) is 12.4 Å². The fourth-order valence-electron chi connectivity index (χ4n) is 1.31. The standard InChI is InChI=1S/C11H16BrN3O/c1-7(2)10(11(16)13-3)15-9-5-4-8(12)6-14-9/h4-7,10H,1-3H3,(H,13,16)(H,14,15). The number of amides is 1. The molecule has 0 aliphatic heterocycles. The quantitative estimate of drug-likeness (QED) is 0.890. The lowest BCUT2D eigenvalue weighted by Crippen LogP contribution is -2.41. The Morgan fingerprint density at radius 3 is 2.56 bits per heavy atom. The average Bonchev–Trinajstić information content (AvgIpc) is 2.27. The van der Waals surface area contributed by atoms with Crippen molar-refractivity contribution < 1.29 is 4.79 Å². The van der Waals surface area contributed by atoms with Gasteiger partial charge in [-0.3, -0.25) is 4.79 Å². The average molecular weight is 286 g/mol. The van der Waals surface area contributed by atoms with Crippen LogP contribution in [0.25, 0.3) is 0 Å². The van der Waals surface area contributed by atoms with E-state index in [0.29, 0.717) is 5.82 Å². The molecule has 0 aliphatic carbocycles. The Hall–Kier alpha value is -1.10. The van der Waals surface area contributed by atoms with Crippen molar-refractivity contribution in [1.82, 2.24) is 10.3 Å². The van der Waals surface area contributed by atoms with E-state index in [9.17, 15) is 4.79 Å². The number of halogens is 1. The fraction of sp³-hybridized carbons (Fsp3) is 0.455. The summed E-state index contributed by atoms with van der Waals surface area (Å²) in [6.45, 7) is 3.98. The predicted octanol–water partition coefficient (Wildman–Crippen LogP) is 2.03. The van der Waals surface area contributed by atoms with Gasteiger partial charge in [-0.1, -0.05) is 13.8 Å². The molecule has 0 radical (unpaired) electrons. The maximum atomic E-state index is 11.6. The van der Waals surface area contributed by atoms with Crippen LogP contribution in [-0.4, -0.2) is 24.0 Å². The van der Waals surface area contributed by atoms with E-state index in [2.05, 4.69) is 31.5 Å². The number of carbonyl (C=O) groups is 1. The maximum Gasteiger partial charge on any atom is 0.242 e. The van der Waals surface area contributed by atoms with Gasteiger partial charge >= 0.3 is 0 Å². The minimum absolute atomic E-state index is 0.0280. The van der Waals surface area contributed by atoms with Crippen LogP contribution in [0.15, 0.2) is 22.8 Å². The Morgan fingerprint density at radius 2 is 2.12 bits per heavy atom. The summed E-state index contributed by atoms with van der Waals surface area (Å²) in [4.78, 5) is 15.8. The number of aromatic nitrogens is 1. The zero-order chi connectivity index (χ0) is 12.1. The molecule has 0 bridgehead atoms. The summed E-state index contributed by atoms with van der Waals surface area (Å²) >= 11 is 3.31. The molecule has 0 aromatic carbocycles. The topological polar surface area (TPSA) is 54.0 Å². The second kappa shape index (κ2) is 5.84. The second-order valence-corrected chi connectivity index (χ2v) is 4.76. The first kappa shape index (κ1) is 13.0. The molecule has 1 atom stereocenters. The number of hydrogen-bond donors (Lipinski definition) is 2. The fourth-order valence-corrected chi connectivity index (χ4v) is 1.55. The molecule has 0 fully saturated rings. The van der Waals surface area contributed by atoms with Gasteiger partial charge in [0.2, 0.25) is 5.91 Å². The number of hydrogen-bond acceptors (Lipinski definition) is 3. The Kier molecular flexibility index (Phi) is 4.73. The zero-order valence-electron chi connectivity index (χ0n) is 9.62. The first-order chi connectivity index (χ1) is 7.54. The Morgan fingerprint density at radius 1 is 1.44 bits per heavy atom. The van der Waals surface area contributed by atoms with E-state index in [4.69, 9.17) is 0 Å². The summed E-state index contributed by atoms with van der Waals surface area (Å²) < 4.78 is 0.916. The van der Waals surface area contributed by atoms with Gasteiger partial charge in [-0.05, 0) is 34.0 Å². The Bertz CT molecular complexity index is 351. The normalized spacial score (nSPS) is 12.3. The van der Waals surface area contributed by atoms with Gasteiger partial charge in [0.05, 0.1) is 0 Å². The molecule has 0 saturated heterocycles. The molecule has 1 heterocycles. The highest BCUT2D eigenvalue weighted by Gasteiger charge is 2.20. The van der Waals surface area contributed by atoms with Crippen LogP contribution in [0.3, 0.4) is 0 Å². The molecule has 2 N–H and O–H groups in total. The van der Waals surface area contributed by atoms with Crippen molar-refractivity contribution in [3.8, 4) is 0 Å². The van der Waals surface area contributed by atoms with Crippen LogP contribution in [-0.2, 0) is 4.79 Å². The van der Waals surface area contributed by atoms with Crippen molar-refractivity contribution in [3.05, 3.63) is 22.8 Å². The van der Waals surface area contributed by atoms with Gasteiger partial charge in [0, 0.05) is 17.7 Å². The van der Waals surface area contributed by atoms with E-state index in [0.717, 1.165) is 4.47 Å². The minimum Gasteiger partial charge on any atom is -0.358 e. The number of carbonyl (C=O) groups excluding carboxylic acids is 1. The summed E-state index contributed by atoms with van der Waals surface area (Å²) in [7, 11) is 1.63. The molecule has 0 spiro atoms. The number of likely N-dealkylation sites (N-methyl/N-ethyl adjacent to an activating group) is 1. The molecule has 1 aromatic heterocycles. The Balaban J connectivity index is 2.75. The Labute approximate surface area is 104 Å². The van der Waals surface area contributed by atoms with Crippen LogP contribution in [0.2, 0.25) is 0 Å². The number of anilines is 1. The number of pyridine rings is 1. The highest BCUT2D eigenvalue weighted by molar-refractivity contribution is 9.10. The van der Waals surface area contributed by atoms with Crippen molar-refractivity contribution in [1.29, 1.82) is 0 Å². The number of nitrogens with zero attached hydrogens (tertiary/aromatic N) is 1. The summed E-state index contributed by atoms with van der Waals surface area (Å²) in [5.74, 6) is 0.871. The van der Waals surface area contributed by atoms with E-state index in [1.165, 1.54) is 0 Å². The van der Waals surface area contributed by atoms with Crippen molar-refractivity contribution in [3.63, 3.8) is 0 Å². The van der Waals surface area contributed by atoms with Crippen molar-refractivity contribution >= 4 is 27.7 Å². The van der Waals surface area contributed by atoms with E-state index in [-0.39, 0.29) is 17.9 Å². The maximum absolute atomic E-state index is 11.6. The number of nitrogens with one attached hydrogen (secondary N) is 2. The van der Waals surface area contributed by atoms with E-state index >= 15 is 0 Å². The molecule has 1 amide bonds. The van der Waals surface area contributed by atoms with Crippen molar-refractivity contribution in [2.45, 2.75) is 19.9 Å². The lowest BCUT2D eigenvalue weighted by Gasteiger charge is -2.21.